The van der Waals surface area contributed by atoms with Crippen LogP contribution in [0.1, 0.15) is 12.0 Å². The number of benzene rings is 1. The number of carbonyl (C=O) groups excluding carboxylic acids is 2. The molecule has 2 unspecified atom stereocenters. The molecule has 1 aliphatic carbocycles. The topological polar surface area (TPSA) is 63.4 Å². The van der Waals surface area contributed by atoms with Crippen molar-refractivity contribution in [3.8, 4) is 11.8 Å². The first-order valence-corrected chi connectivity index (χ1v) is 5.90. The summed E-state index contributed by atoms with van der Waals surface area (Å²) in [5, 5.41) is 0. The minimum atomic E-state index is -0.0907. The van der Waals surface area contributed by atoms with Crippen molar-refractivity contribution in [2.24, 2.45) is 17.6 Å². The van der Waals surface area contributed by atoms with Crippen LogP contribution in [0.15, 0.2) is 24.3 Å². The third-order valence-corrected chi connectivity index (χ3v) is 3.34. The van der Waals surface area contributed by atoms with Gasteiger partial charge in [0.05, 0.1) is 24.1 Å². The second kappa shape index (κ2) is 3.97. The lowest BCUT2D eigenvalue weighted by Crippen LogP contribution is -2.33. The summed E-state index contributed by atoms with van der Waals surface area (Å²) in [6, 6.07) is 7.17. The Labute approximate surface area is 105 Å². The summed E-state index contributed by atoms with van der Waals surface area (Å²) in [7, 11) is 0. The highest BCUT2D eigenvalue weighted by Crippen LogP contribution is 2.48. The van der Waals surface area contributed by atoms with Crippen molar-refractivity contribution in [2.75, 3.05) is 11.4 Å². The van der Waals surface area contributed by atoms with Gasteiger partial charge in [-0.1, -0.05) is 24.0 Å². The molecule has 1 saturated heterocycles. The van der Waals surface area contributed by atoms with Crippen LogP contribution in [-0.2, 0) is 9.59 Å². The van der Waals surface area contributed by atoms with Crippen LogP contribution in [0.25, 0.3) is 0 Å². The first kappa shape index (κ1) is 11.0. The van der Waals surface area contributed by atoms with Gasteiger partial charge in [-0.05, 0) is 18.6 Å². The van der Waals surface area contributed by atoms with Gasteiger partial charge < -0.3 is 5.73 Å². The van der Waals surface area contributed by atoms with E-state index in [2.05, 4.69) is 11.8 Å². The molecule has 1 aromatic rings. The standard InChI is InChI=1S/C14H12N2O2/c15-7-3-5-9-4-1-2-6-12(9)16-13(17)10-8-11(10)14(16)18/h1-2,4,6,10-11H,7-8,15H2. The van der Waals surface area contributed by atoms with Crippen LogP contribution >= 0.6 is 0 Å². The molecule has 2 amide bonds. The maximum absolute atomic E-state index is 12.0. The summed E-state index contributed by atoms with van der Waals surface area (Å²) in [4.78, 5) is 25.3. The SMILES string of the molecule is NCC#Cc1ccccc1N1C(=O)C2CC2C1=O. The smallest absolute Gasteiger partial charge is 0.237 e. The first-order chi connectivity index (χ1) is 8.74. The van der Waals surface area contributed by atoms with E-state index in [9.17, 15) is 9.59 Å². The highest BCUT2D eigenvalue weighted by Gasteiger charge is 2.59. The monoisotopic (exact) mass is 240 g/mol. The Morgan fingerprint density at radius 1 is 1.22 bits per heavy atom. The highest BCUT2D eigenvalue weighted by molar-refractivity contribution is 6.25. The fraction of sp³-hybridized carbons (Fsp3) is 0.286. The molecule has 0 aromatic heterocycles. The number of amides is 2. The molecule has 3 rings (SSSR count). The minimum absolute atomic E-state index is 0.0898. The van der Waals surface area contributed by atoms with Crippen molar-refractivity contribution in [3.63, 3.8) is 0 Å². The van der Waals surface area contributed by atoms with Gasteiger partial charge >= 0.3 is 0 Å². The lowest BCUT2D eigenvalue weighted by Gasteiger charge is -2.17. The van der Waals surface area contributed by atoms with Crippen LogP contribution in [0.2, 0.25) is 0 Å². The number of rotatable bonds is 1. The second-order valence-electron chi connectivity index (χ2n) is 4.48. The quantitative estimate of drug-likeness (QED) is 0.574. The van der Waals surface area contributed by atoms with Crippen molar-refractivity contribution < 1.29 is 9.59 Å². The van der Waals surface area contributed by atoms with Gasteiger partial charge in [-0.3, -0.25) is 9.59 Å². The van der Waals surface area contributed by atoms with Crippen molar-refractivity contribution in [3.05, 3.63) is 29.8 Å². The number of nitrogens with two attached hydrogens (primary N) is 1. The van der Waals surface area contributed by atoms with E-state index in [1.807, 2.05) is 6.07 Å². The van der Waals surface area contributed by atoms with Crippen LogP contribution < -0.4 is 10.6 Å². The number of carbonyl (C=O) groups is 2. The molecule has 90 valence electrons. The number of hydrogen-bond donors (Lipinski definition) is 1. The fourth-order valence-electron chi connectivity index (χ4n) is 2.34. The zero-order valence-electron chi connectivity index (χ0n) is 9.72. The summed E-state index contributed by atoms with van der Waals surface area (Å²) in [5.74, 6) is 5.29. The van der Waals surface area contributed by atoms with E-state index in [4.69, 9.17) is 5.73 Å². The molecule has 1 aliphatic heterocycles. The lowest BCUT2D eigenvalue weighted by molar-refractivity contribution is -0.123. The van der Waals surface area contributed by atoms with Crippen molar-refractivity contribution in [1.82, 2.24) is 0 Å². The second-order valence-corrected chi connectivity index (χ2v) is 4.48. The Balaban J connectivity index is 2.02. The molecule has 2 N–H and O–H groups in total. The van der Waals surface area contributed by atoms with E-state index in [1.54, 1.807) is 18.2 Å². The predicted octanol–water partition coefficient (Wildman–Crippen LogP) is 0.506. The lowest BCUT2D eigenvalue weighted by atomic mass is 10.1. The van der Waals surface area contributed by atoms with E-state index in [0.29, 0.717) is 17.7 Å². The highest BCUT2D eigenvalue weighted by atomic mass is 16.2. The van der Waals surface area contributed by atoms with Gasteiger partial charge in [0.1, 0.15) is 0 Å². The van der Waals surface area contributed by atoms with E-state index < -0.39 is 0 Å². The third-order valence-electron chi connectivity index (χ3n) is 3.34. The zero-order chi connectivity index (χ0) is 12.7. The number of piperidine rings is 1. The largest absolute Gasteiger partial charge is 0.320 e. The normalized spacial score (nSPS) is 24.6. The van der Waals surface area contributed by atoms with Crippen molar-refractivity contribution in [1.29, 1.82) is 0 Å². The van der Waals surface area contributed by atoms with Crippen LogP contribution in [0.3, 0.4) is 0 Å². The molecular weight excluding hydrogens is 228 g/mol. The molecule has 0 radical (unpaired) electrons. The molecule has 0 spiro atoms. The van der Waals surface area contributed by atoms with E-state index in [1.165, 1.54) is 4.90 Å². The molecular formula is C14H12N2O2. The first-order valence-electron chi connectivity index (χ1n) is 5.90. The van der Waals surface area contributed by atoms with Crippen LogP contribution in [0, 0.1) is 23.7 Å². The van der Waals surface area contributed by atoms with Gasteiger partial charge in [-0.15, -0.1) is 0 Å². The Kier molecular flexibility index (Phi) is 2.42. The zero-order valence-corrected chi connectivity index (χ0v) is 9.72. The summed E-state index contributed by atoms with van der Waals surface area (Å²) >= 11 is 0. The van der Waals surface area contributed by atoms with Gasteiger partial charge in [0.2, 0.25) is 11.8 Å². The van der Waals surface area contributed by atoms with Crippen molar-refractivity contribution >= 4 is 17.5 Å². The van der Waals surface area contributed by atoms with Crippen molar-refractivity contribution in [2.45, 2.75) is 6.42 Å². The summed E-state index contributed by atoms with van der Waals surface area (Å²) in [5.41, 5.74) is 6.60. The summed E-state index contributed by atoms with van der Waals surface area (Å²) in [6.07, 6.45) is 0.713. The molecule has 18 heavy (non-hydrogen) atoms. The molecule has 4 nitrogen and oxygen atoms in total. The Morgan fingerprint density at radius 2 is 1.89 bits per heavy atom. The van der Waals surface area contributed by atoms with Crippen LogP contribution in [0.4, 0.5) is 5.69 Å². The number of fused-ring (bicyclic) bond motifs is 1. The van der Waals surface area contributed by atoms with Gasteiger partial charge in [0.25, 0.3) is 0 Å². The molecule has 2 aliphatic rings. The number of para-hydroxylation sites is 1. The summed E-state index contributed by atoms with van der Waals surface area (Å²) in [6.45, 7) is 0.251. The van der Waals surface area contributed by atoms with E-state index in [0.717, 1.165) is 0 Å². The average Bonchev–Trinajstić information content (AvgIpc) is 3.13. The number of anilines is 1. The number of nitrogens with zero attached hydrogens (tertiary/aromatic N) is 1. The van der Waals surface area contributed by atoms with E-state index in [-0.39, 0.29) is 30.2 Å². The van der Waals surface area contributed by atoms with Gasteiger partial charge in [0, 0.05) is 5.56 Å². The molecule has 1 saturated carbocycles. The Hall–Kier alpha value is -2.12. The molecule has 1 heterocycles. The molecule has 1 aromatic carbocycles. The minimum Gasteiger partial charge on any atom is -0.320 e. The maximum Gasteiger partial charge on any atom is 0.237 e. The number of hydrogen-bond acceptors (Lipinski definition) is 3. The maximum atomic E-state index is 12.0. The Morgan fingerprint density at radius 3 is 2.56 bits per heavy atom. The summed E-state index contributed by atoms with van der Waals surface area (Å²) < 4.78 is 0. The van der Waals surface area contributed by atoms with E-state index >= 15 is 0 Å². The molecule has 2 fully saturated rings. The predicted molar refractivity (Wildman–Crippen MR) is 66.5 cm³/mol. The van der Waals surface area contributed by atoms with Gasteiger partial charge in [-0.2, -0.15) is 0 Å². The van der Waals surface area contributed by atoms with Gasteiger partial charge in [-0.25, -0.2) is 4.90 Å². The number of imide groups is 1. The molecule has 2 atom stereocenters. The fourth-order valence-corrected chi connectivity index (χ4v) is 2.34. The molecule has 0 bridgehead atoms. The Bertz CT molecular complexity index is 577. The van der Waals surface area contributed by atoms with Gasteiger partial charge in [0.15, 0.2) is 0 Å². The molecule has 4 heteroatoms. The third kappa shape index (κ3) is 1.52. The van der Waals surface area contributed by atoms with Crippen LogP contribution in [0.5, 0.6) is 0 Å². The van der Waals surface area contributed by atoms with Crippen LogP contribution in [-0.4, -0.2) is 18.4 Å². The average molecular weight is 240 g/mol.